The number of halogens is 1. The minimum atomic E-state index is -1.03. The predicted octanol–water partition coefficient (Wildman–Crippen LogP) is 1.52. The Kier molecular flexibility index (Phi) is 5.05. The number of primary amides is 1. The van der Waals surface area contributed by atoms with Gasteiger partial charge in [-0.3, -0.25) is 9.59 Å². The monoisotopic (exact) mass is 311 g/mol. The number of nitrogens with two attached hydrogens (primary N) is 1. The molecule has 0 aliphatic carbocycles. The number of benzene rings is 2. The van der Waals surface area contributed by atoms with Crippen LogP contribution in [0.1, 0.15) is 21.5 Å². The van der Waals surface area contributed by atoms with E-state index in [0.29, 0.717) is 5.56 Å². The molecule has 2 rings (SSSR count). The predicted molar refractivity (Wildman–Crippen MR) is 81.7 cm³/mol. The third-order valence-electron chi connectivity index (χ3n) is 3.31. The zero-order chi connectivity index (χ0) is 16.8. The molecule has 0 fully saturated rings. The molecule has 23 heavy (non-hydrogen) atoms. The van der Waals surface area contributed by atoms with Gasteiger partial charge in [0.15, 0.2) is 0 Å². The second kappa shape index (κ2) is 7.18. The summed E-state index contributed by atoms with van der Waals surface area (Å²) in [5.74, 6) is -1.74. The van der Waals surface area contributed by atoms with E-state index in [-0.39, 0.29) is 17.5 Å². The van der Waals surface area contributed by atoms with E-state index >= 15 is 0 Å². The molecule has 1 atom stereocenters. The van der Waals surface area contributed by atoms with Crippen LogP contribution in [0, 0.1) is 17.1 Å². The summed E-state index contributed by atoms with van der Waals surface area (Å²) in [5.41, 5.74) is 6.27. The Bertz CT molecular complexity index is 766. The van der Waals surface area contributed by atoms with Gasteiger partial charge in [-0.15, -0.1) is 0 Å². The molecule has 0 bridgehead atoms. The minimum Gasteiger partial charge on any atom is -0.368 e. The quantitative estimate of drug-likeness (QED) is 0.876. The summed E-state index contributed by atoms with van der Waals surface area (Å²) >= 11 is 0. The lowest BCUT2D eigenvalue weighted by atomic mass is 10.0. The van der Waals surface area contributed by atoms with Crippen molar-refractivity contribution in [3.8, 4) is 6.07 Å². The number of rotatable bonds is 5. The van der Waals surface area contributed by atoms with Crippen LogP contribution >= 0.6 is 0 Å². The molecule has 0 aromatic heterocycles. The fourth-order valence-corrected chi connectivity index (χ4v) is 2.04. The summed E-state index contributed by atoms with van der Waals surface area (Å²) in [6.45, 7) is 0. The molecule has 0 saturated carbocycles. The molecule has 2 aromatic carbocycles. The van der Waals surface area contributed by atoms with Crippen molar-refractivity contribution in [3.63, 3.8) is 0 Å². The molecule has 0 aliphatic rings. The fourth-order valence-electron chi connectivity index (χ4n) is 2.04. The van der Waals surface area contributed by atoms with Gasteiger partial charge in [0.1, 0.15) is 11.9 Å². The molecular weight excluding hydrogens is 297 g/mol. The normalized spacial score (nSPS) is 11.3. The number of amides is 2. The van der Waals surface area contributed by atoms with E-state index in [1.165, 1.54) is 42.5 Å². The zero-order valence-corrected chi connectivity index (χ0v) is 12.1. The highest BCUT2D eigenvalue weighted by atomic mass is 19.1. The molecule has 6 heteroatoms. The summed E-state index contributed by atoms with van der Waals surface area (Å²) < 4.78 is 13.7. The van der Waals surface area contributed by atoms with Crippen LogP contribution in [-0.4, -0.2) is 17.9 Å². The van der Waals surface area contributed by atoms with E-state index in [4.69, 9.17) is 11.0 Å². The molecule has 3 N–H and O–H groups in total. The smallest absolute Gasteiger partial charge is 0.251 e. The van der Waals surface area contributed by atoms with Crippen LogP contribution in [0.25, 0.3) is 0 Å². The van der Waals surface area contributed by atoms with Crippen molar-refractivity contribution in [2.75, 3.05) is 0 Å². The van der Waals surface area contributed by atoms with Crippen molar-refractivity contribution in [2.45, 2.75) is 12.5 Å². The first-order valence-corrected chi connectivity index (χ1v) is 6.85. The Hall–Kier alpha value is -3.20. The second-order valence-electron chi connectivity index (χ2n) is 4.91. The lowest BCUT2D eigenvalue weighted by molar-refractivity contribution is -0.119. The average molecular weight is 311 g/mol. The van der Waals surface area contributed by atoms with Crippen molar-refractivity contribution >= 4 is 11.8 Å². The van der Waals surface area contributed by atoms with Gasteiger partial charge in [0.05, 0.1) is 11.6 Å². The first kappa shape index (κ1) is 16.2. The largest absolute Gasteiger partial charge is 0.368 e. The maximum absolute atomic E-state index is 13.7. The third kappa shape index (κ3) is 4.14. The summed E-state index contributed by atoms with van der Waals surface area (Å²) in [6.07, 6.45) is -0.0377. The van der Waals surface area contributed by atoms with Gasteiger partial charge in [-0.05, 0) is 35.9 Å². The van der Waals surface area contributed by atoms with Crippen molar-refractivity contribution in [1.82, 2.24) is 5.32 Å². The van der Waals surface area contributed by atoms with Gasteiger partial charge in [-0.25, -0.2) is 4.39 Å². The van der Waals surface area contributed by atoms with Gasteiger partial charge in [-0.2, -0.15) is 5.26 Å². The number of nitriles is 1. The van der Waals surface area contributed by atoms with Crippen molar-refractivity contribution in [1.29, 1.82) is 5.26 Å². The summed E-state index contributed by atoms with van der Waals surface area (Å²) in [6, 6.07) is 12.8. The lowest BCUT2D eigenvalue weighted by Crippen LogP contribution is -2.46. The van der Waals surface area contributed by atoms with Crippen LogP contribution in [0.15, 0.2) is 48.5 Å². The van der Waals surface area contributed by atoms with Gasteiger partial charge >= 0.3 is 0 Å². The molecule has 0 spiro atoms. The van der Waals surface area contributed by atoms with Crippen molar-refractivity contribution < 1.29 is 14.0 Å². The van der Waals surface area contributed by atoms with Crippen LogP contribution in [-0.2, 0) is 11.2 Å². The van der Waals surface area contributed by atoms with Gasteiger partial charge in [0.2, 0.25) is 5.91 Å². The number of carbonyl (C=O) groups is 2. The Labute approximate surface area is 132 Å². The van der Waals surface area contributed by atoms with Crippen LogP contribution in [0.4, 0.5) is 4.39 Å². The maximum Gasteiger partial charge on any atom is 0.251 e. The molecule has 0 unspecified atom stereocenters. The first-order valence-electron chi connectivity index (χ1n) is 6.85. The van der Waals surface area contributed by atoms with Crippen LogP contribution in [0.5, 0.6) is 0 Å². The van der Waals surface area contributed by atoms with Gasteiger partial charge < -0.3 is 11.1 Å². The fraction of sp³-hybridized carbons (Fsp3) is 0.118. The topological polar surface area (TPSA) is 96.0 Å². The number of nitrogens with one attached hydrogen (secondary N) is 1. The number of nitrogens with zero attached hydrogens (tertiary/aromatic N) is 1. The highest BCUT2D eigenvalue weighted by Gasteiger charge is 2.20. The van der Waals surface area contributed by atoms with E-state index in [1.807, 2.05) is 6.07 Å². The Balaban J connectivity index is 2.13. The molecule has 116 valence electrons. The lowest BCUT2D eigenvalue weighted by Gasteiger charge is -2.16. The average Bonchev–Trinajstić information content (AvgIpc) is 2.56. The van der Waals surface area contributed by atoms with Crippen LogP contribution in [0.2, 0.25) is 0 Å². The summed E-state index contributed by atoms with van der Waals surface area (Å²) in [7, 11) is 0. The number of hydrogen-bond donors (Lipinski definition) is 2. The number of hydrogen-bond acceptors (Lipinski definition) is 3. The SMILES string of the molecule is N#Cc1ccc(C(=O)N[C@H](Cc2ccccc2F)C(N)=O)cc1. The maximum atomic E-state index is 13.7. The Morgan fingerprint density at radius 3 is 2.39 bits per heavy atom. The van der Waals surface area contributed by atoms with Crippen LogP contribution in [0.3, 0.4) is 0 Å². The number of carbonyl (C=O) groups excluding carboxylic acids is 2. The van der Waals surface area contributed by atoms with E-state index in [1.54, 1.807) is 6.07 Å². The van der Waals surface area contributed by atoms with Gasteiger partial charge in [-0.1, -0.05) is 18.2 Å². The standard InChI is InChI=1S/C17H14FN3O2/c18-14-4-2-1-3-13(14)9-15(16(20)22)21-17(23)12-7-5-11(10-19)6-8-12/h1-8,15H,9H2,(H2,20,22)(H,21,23)/t15-/m1/s1. The Morgan fingerprint density at radius 2 is 1.83 bits per heavy atom. The van der Waals surface area contributed by atoms with E-state index in [2.05, 4.69) is 5.32 Å². The summed E-state index contributed by atoms with van der Waals surface area (Å²) in [5, 5.41) is 11.2. The molecule has 0 heterocycles. The summed E-state index contributed by atoms with van der Waals surface area (Å²) in [4.78, 5) is 23.7. The van der Waals surface area contributed by atoms with Gasteiger partial charge in [0.25, 0.3) is 5.91 Å². The highest BCUT2D eigenvalue weighted by Crippen LogP contribution is 2.10. The highest BCUT2D eigenvalue weighted by molar-refractivity contribution is 5.97. The molecular formula is C17H14FN3O2. The third-order valence-corrected chi connectivity index (χ3v) is 3.31. The van der Waals surface area contributed by atoms with E-state index < -0.39 is 23.7 Å². The Morgan fingerprint density at radius 1 is 1.17 bits per heavy atom. The molecule has 0 radical (unpaired) electrons. The first-order chi connectivity index (χ1) is 11.0. The van der Waals surface area contributed by atoms with E-state index in [9.17, 15) is 14.0 Å². The van der Waals surface area contributed by atoms with Crippen molar-refractivity contribution in [3.05, 3.63) is 71.0 Å². The molecule has 0 saturated heterocycles. The molecule has 5 nitrogen and oxygen atoms in total. The van der Waals surface area contributed by atoms with E-state index in [0.717, 1.165) is 0 Å². The van der Waals surface area contributed by atoms with Crippen LogP contribution < -0.4 is 11.1 Å². The minimum absolute atomic E-state index is 0.0377. The molecule has 0 aliphatic heterocycles. The molecule has 2 aromatic rings. The molecule has 2 amide bonds. The zero-order valence-electron chi connectivity index (χ0n) is 12.1. The van der Waals surface area contributed by atoms with Crippen molar-refractivity contribution in [2.24, 2.45) is 5.73 Å². The van der Waals surface area contributed by atoms with Gasteiger partial charge in [0, 0.05) is 12.0 Å². The second-order valence-corrected chi connectivity index (χ2v) is 4.91.